The zero-order valence-electron chi connectivity index (χ0n) is 14.9. The highest BCUT2D eigenvalue weighted by Gasteiger charge is 2.23. The molecule has 8 nitrogen and oxygen atoms in total. The number of hydrogen-bond acceptors (Lipinski definition) is 6. The fraction of sp³-hybridized carbons (Fsp3) is 0.333. The van der Waals surface area contributed by atoms with Crippen molar-refractivity contribution >= 4 is 22.9 Å². The summed E-state index contributed by atoms with van der Waals surface area (Å²) in [5.41, 5.74) is -1.40. The number of ether oxygens (including phenoxy) is 1. The van der Waals surface area contributed by atoms with Crippen LogP contribution in [0.1, 0.15) is 36.7 Å². The van der Waals surface area contributed by atoms with E-state index in [1.165, 1.54) is 19.3 Å². The predicted octanol–water partition coefficient (Wildman–Crippen LogP) is 0.692. The minimum absolute atomic E-state index is 0.157. The quantitative estimate of drug-likeness (QED) is 0.618. The molecule has 0 saturated carbocycles. The van der Waals surface area contributed by atoms with Gasteiger partial charge in [-0.2, -0.15) is 0 Å². The van der Waals surface area contributed by atoms with Crippen molar-refractivity contribution in [2.75, 3.05) is 6.54 Å². The van der Waals surface area contributed by atoms with Crippen molar-refractivity contribution in [1.82, 2.24) is 14.9 Å². The van der Waals surface area contributed by atoms with Crippen LogP contribution in [0, 0.1) is 12.3 Å². The first-order valence-corrected chi connectivity index (χ1v) is 7.73. The Kier molecular flexibility index (Phi) is 5.02. The molecule has 26 heavy (non-hydrogen) atoms. The van der Waals surface area contributed by atoms with E-state index >= 15 is 0 Å². The van der Waals surface area contributed by atoms with Crippen LogP contribution in [0.15, 0.2) is 17.1 Å². The zero-order chi connectivity index (χ0) is 19.6. The van der Waals surface area contributed by atoms with Crippen LogP contribution in [0.25, 0.3) is 11.0 Å². The van der Waals surface area contributed by atoms with E-state index in [1.54, 1.807) is 20.8 Å². The van der Waals surface area contributed by atoms with Crippen molar-refractivity contribution in [2.24, 2.45) is 7.05 Å². The minimum atomic E-state index is -0.901. The van der Waals surface area contributed by atoms with Gasteiger partial charge in [0.05, 0.1) is 5.39 Å². The summed E-state index contributed by atoms with van der Waals surface area (Å²) in [4.78, 5) is 40.5. The lowest BCUT2D eigenvalue weighted by atomic mass is 10.1. The van der Waals surface area contributed by atoms with E-state index in [-0.39, 0.29) is 11.0 Å². The normalized spacial score (nSPS) is 11.0. The Morgan fingerprint density at radius 3 is 2.65 bits per heavy atom. The zero-order valence-corrected chi connectivity index (χ0v) is 14.9. The molecule has 2 heterocycles. The second-order valence-electron chi connectivity index (χ2n) is 6.60. The molecule has 0 aromatic carbocycles. The summed E-state index contributed by atoms with van der Waals surface area (Å²) in [6.45, 7) is 4.62. The summed E-state index contributed by atoms with van der Waals surface area (Å²) in [5, 5.41) is 12.8. The van der Waals surface area contributed by atoms with E-state index in [9.17, 15) is 19.5 Å². The van der Waals surface area contributed by atoms with E-state index < -0.39 is 40.9 Å². The van der Waals surface area contributed by atoms with Gasteiger partial charge in [0.1, 0.15) is 29.1 Å². The average Bonchev–Trinajstić information content (AvgIpc) is 2.56. The Morgan fingerprint density at radius 2 is 2.08 bits per heavy atom. The van der Waals surface area contributed by atoms with Crippen LogP contribution in [0.4, 0.5) is 0 Å². The van der Waals surface area contributed by atoms with Crippen LogP contribution in [0.5, 0.6) is 5.75 Å². The number of fused-ring (bicyclic) bond motifs is 1. The lowest BCUT2D eigenvalue weighted by Crippen LogP contribution is -2.37. The maximum absolute atomic E-state index is 12.4. The summed E-state index contributed by atoms with van der Waals surface area (Å²) in [5.74, 6) is 0.253. The van der Waals surface area contributed by atoms with Gasteiger partial charge in [-0.25, -0.2) is 4.98 Å². The van der Waals surface area contributed by atoms with Crippen LogP contribution in [0.3, 0.4) is 0 Å². The van der Waals surface area contributed by atoms with Gasteiger partial charge in [0, 0.05) is 18.8 Å². The molecule has 136 valence electrons. The first-order valence-electron chi connectivity index (χ1n) is 7.73. The lowest BCUT2D eigenvalue weighted by Gasteiger charge is -2.19. The molecule has 8 heteroatoms. The van der Waals surface area contributed by atoms with Crippen molar-refractivity contribution in [3.63, 3.8) is 0 Å². The smallest absolute Gasteiger partial charge is 0.325 e. The molecule has 0 radical (unpaired) electrons. The number of terminal acetylenes is 1. The molecule has 2 aromatic rings. The first-order chi connectivity index (χ1) is 12.0. The molecule has 1 amide bonds. The lowest BCUT2D eigenvalue weighted by molar-refractivity contribution is -0.153. The molecule has 2 rings (SSSR count). The predicted molar refractivity (Wildman–Crippen MR) is 94.8 cm³/mol. The number of pyridine rings is 2. The molecule has 2 N–H and O–H groups in total. The van der Waals surface area contributed by atoms with Gasteiger partial charge in [0.15, 0.2) is 0 Å². The molecular weight excluding hydrogens is 338 g/mol. The van der Waals surface area contributed by atoms with Gasteiger partial charge >= 0.3 is 5.97 Å². The van der Waals surface area contributed by atoms with E-state index in [2.05, 4.69) is 16.2 Å². The van der Waals surface area contributed by atoms with Crippen LogP contribution in [-0.2, 0) is 16.6 Å². The van der Waals surface area contributed by atoms with Gasteiger partial charge in [-0.3, -0.25) is 19.0 Å². The molecular formula is C18H19N3O5. The molecule has 0 fully saturated rings. The first kappa shape index (κ1) is 19.0. The summed E-state index contributed by atoms with van der Waals surface area (Å²) < 4.78 is 6.20. The number of nitrogens with zero attached hydrogens (tertiary/aromatic N) is 2. The second-order valence-corrected chi connectivity index (χ2v) is 6.60. The number of aryl methyl sites for hydroxylation is 1. The Morgan fingerprint density at radius 1 is 1.42 bits per heavy atom. The monoisotopic (exact) mass is 357 g/mol. The number of carbonyl (C=O) groups excluding carboxylic acids is 2. The fourth-order valence-electron chi connectivity index (χ4n) is 2.30. The van der Waals surface area contributed by atoms with Crippen molar-refractivity contribution < 1.29 is 19.4 Å². The number of esters is 1. The third-order valence-electron chi connectivity index (χ3n) is 3.40. The van der Waals surface area contributed by atoms with Crippen LogP contribution in [0.2, 0.25) is 0 Å². The number of nitrogens with one attached hydrogen (secondary N) is 1. The van der Waals surface area contributed by atoms with Gasteiger partial charge in [0.2, 0.25) is 0 Å². The summed E-state index contributed by atoms with van der Waals surface area (Å²) >= 11 is 0. The summed E-state index contributed by atoms with van der Waals surface area (Å²) in [7, 11) is 1.41. The third kappa shape index (κ3) is 3.83. The molecule has 0 atom stereocenters. The van der Waals surface area contributed by atoms with Gasteiger partial charge < -0.3 is 15.2 Å². The molecule has 0 saturated heterocycles. The molecule has 0 spiro atoms. The molecule has 0 unspecified atom stereocenters. The number of aromatic nitrogens is 2. The average molecular weight is 357 g/mol. The van der Waals surface area contributed by atoms with Crippen molar-refractivity contribution in [3.8, 4) is 18.1 Å². The molecule has 0 aliphatic heterocycles. The second kappa shape index (κ2) is 6.88. The van der Waals surface area contributed by atoms with E-state index in [4.69, 9.17) is 11.2 Å². The maximum Gasteiger partial charge on any atom is 0.325 e. The Labute approximate surface area is 149 Å². The number of aromatic hydroxyl groups is 1. The highest BCUT2D eigenvalue weighted by molar-refractivity contribution is 6.02. The maximum atomic E-state index is 12.4. The van der Waals surface area contributed by atoms with E-state index in [1.807, 2.05) is 0 Å². The van der Waals surface area contributed by atoms with E-state index in [0.29, 0.717) is 5.56 Å². The van der Waals surface area contributed by atoms with Gasteiger partial charge in [0.25, 0.3) is 11.5 Å². The molecule has 0 aliphatic rings. The van der Waals surface area contributed by atoms with Gasteiger partial charge in [-0.05, 0) is 26.8 Å². The third-order valence-corrected chi connectivity index (χ3v) is 3.40. The number of amides is 1. The standard InChI is InChI=1S/C18H19N3O5/c1-6-10-7-11-14(23)13(17(25)21(5)15(11)19-8-10)16(24)20-9-12(22)26-18(2,3)4/h1,7-8,23H,9H2,2-5H3,(H,20,24). The SMILES string of the molecule is C#Cc1cnc2c(c1)c(O)c(C(=O)NCC(=O)OC(C)(C)C)c(=O)n2C. The highest BCUT2D eigenvalue weighted by atomic mass is 16.6. The van der Waals surface area contributed by atoms with Crippen LogP contribution >= 0.6 is 0 Å². The van der Waals surface area contributed by atoms with Gasteiger partial charge in [-0.1, -0.05) is 5.92 Å². The van der Waals surface area contributed by atoms with E-state index in [0.717, 1.165) is 4.57 Å². The summed E-state index contributed by atoms with van der Waals surface area (Å²) in [6.07, 6.45) is 6.70. The molecule has 0 bridgehead atoms. The fourth-order valence-corrected chi connectivity index (χ4v) is 2.30. The van der Waals surface area contributed by atoms with Crippen LogP contribution < -0.4 is 10.9 Å². The Bertz CT molecular complexity index is 993. The number of carbonyl (C=O) groups is 2. The van der Waals surface area contributed by atoms with Crippen molar-refractivity contribution in [2.45, 2.75) is 26.4 Å². The number of hydrogen-bond donors (Lipinski definition) is 2. The highest BCUT2D eigenvalue weighted by Crippen LogP contribution is 2.25. The van der Waals surface area contributed by atoms with Crippen molar-refractivity contribution in [1.29, 1.82) is 0 Å². The van der Waals surface area contributed by atoms with Crippen LogP contribution in [-0.4, -0.2) is 38.7 Å². The van der Waals surface area contributed by atoms with Crippen molar-refractivity contribution in [3.05, 3.63) is 33.7 Å². The number of rotatable bonds is 3. The largest absolute Gasteiger partial charge is 0.506 e. The molecule has 2 aromatic heterocycles. The Hall–Kier alpha value is -3.34. The Balaban J connectivity index is 2.40. The summed E-state index contributed by atoms with van der Waals surface area (Å²) in [6, 6.07) is 1.45. The van der Waals surface area contributed by atoms with Gasteiger partial charge in [-0.15, -0.1) is 6.42 Å². The topological polar surface area (TPSA) is 111 Å². The molecule has 0 aliphatic carbocycles. The minimum Gasteiger partial charge on any atom is -0.506 e.